The Balaban J connectivity index is 3.53. The van der Waals surface area contributed by atoms with Gasteiger partial charge in [0.1, 0.15) is 17.4 Å². The molecule has 0 bridgehead atoms. The normalized spacial score (nSPS) is 9.40. The first-order valence-corrected chi connectivity index (χ1v) is 4.49. The molecule has 78 valence electrons. The third-order valence-electron chi connectivity index (χ3n) is 2.18. The number of carboxylic acid groups (broad SMARTS) is 1. The van der Waals surface area contributed by atoms with Crippen molar-refractivity contribution in [3.8, 4) is 11.8 Å². The SMILES string of the molecule is CCc1ccc(OC)c(C#N)c1C(=O)O. The molecule has 1 N–H and O–H groups in total. The fraction of sp³-hybridized carbons (Fsp3) is 0.273. The monoisotopic (exact) mass is 205 g/mol. The molecule has 1 rings (SSSR count). The fourth-order valence-electron chi connectivity index (χ4n) is 1.45. The predicted octanol–water partition coefficient (Wildman–Crippen LogP) is 1.83. The highest BCUT2D eigenvalue weighted by Crippen LogP contribution is 2.25. The third kappa shape index (κ3) is 1.91. The van der Waals surface area contributed by atoms with E-state index in [4.69, 9.17) is 15.1 Å². The average molecular weight is 205 g/mol. The molecule has 0 aliphatic carbocycles. The molecule has 0 atom stereocenters. The number of rotatable bonds is 3. The van der Waals surface area contributed by atoms with E-state index < -0.39 is 5.97 Å². The topological polar surface area (TPSA) is 70.3 Å². The molecule has 0 radical (unpaired) electrons. The van der Waals surface area contributed by atoms with E-state index >= 15 is 0 Å². The number of aryl methyl sites for hydroxylation is 1. The van der Waals surface area contributed by atoms with Crippen molar-refractivity contribution in [1.82, 2.24) is 0 Å². The van der Waals surface area contributed by atoms with Crippen molar-refractivity contribution in [2.75, 3.05) is 7.11 Å². The van der Waals surface area contributed by atoms with Crippen LogP contribution < -0.4 is 4.74 Å². The Hall–Kier alpha value is -2.02. The third-order valence-corrected chi connectivity index (χ3v) is 2.18. The van der Waals surface area contributed by atoms with Gasteiger partial charge in [0.05, 0.1) is 12.7 Å². The maximum atomic E-state index is 11.0. The summed E-state index contributed by atoms with van der Waals surface area (Å²) in [5, 5.41) is 17.9. The van der Waals surface area contributed by atoms with Gasteiger partial charge in [0, 0.05) is 0 Å². The maximum absolute atomic E-state index is 11.0. The maximum Gasteiger partial charge on any atom is 0.337 e. The first-order valence-electron chi connectivity index (χ1n) is 4.49. The van der Waals surface area contributed by atoms with Gasteiger partial charge in [-0.25, -0.2) is 4.79 Å². The Morgan fingerprint density at radius 3 is 2.67 bits per heavy atom. The molecule has 0 saturated heterocycles. The van der Waals surface area contributed by atoms with Crippen LogP contribution in [0.3, 0.4) is 0 Å². The molecule has 1 aromatic rings. The Morgan fingerprint density at radius 2 is 2.27 bits per heavy atom. The van der Waals surface area contributed by atoms with E-state index in [1.54, 1.807) is 12.1 Å². The number of aromatic carboxylic acids is 1. The second-order valence-electron chi connectivity index (χ2n) is 2.95. The van der Waals surface area contributed by atoms with Gasteiger partial charge in [-0.2, -0.15) is 5.26 Å². The van der Waals surface area contributed by atoms with Crippen molar-refractivity contribution >= 4 is 5.97 Å². The van der Waals surface area contributed by atoms with Crippen molar-refractivity contribution in [3.63, 3.8) is 0 Å². The first kappa shape index (κ1) is 11.1. The van der Waals surface area contributed by atoms with Gasteiger partial charge >= 0.3 is 5.97 Å². The Bertz CT molecular complexity index is 432. The van der Waals surface area contributed by atoms with E-state index in [1.807, 2.05) is 13.0 Å². The number of benzene rings is 1. The Labute approximate surface area is 87.7 Å². The lowest BCUT2D eigenvalue weighted by Crippen LogP contribution is -2.06. The summed E-state index contributed by atoms with van der Waals surface area (Å²) in [7, 11) is 1.41. The highest BCUT2D eigenvalue weighted by molar-refractivity contribution is 5.93. The molecule has 0 spiro atoms. The molecule has 0 aliphatic rings. The van der Waals surface area contributed by atoms with Crippen LogP contribution >= 0.6 is 0 Å². The molecule has 15 heavy (non-hydrogen) atoms. The second kappa shape index (κ2) is 4.47. The second-order valence-corrected chi connectivity index (χ2v) is 2.95. The van der Waals surface area contributed by atoms with Crippen LogP contribution in [-0.4, -0.2) is 18.2 Å². The summed E-state index contributed by atoms with van der Waals surface area (Å²) in [6.45, 7) is 1.84. The average Bonchev–Trinajstić information content (AvgIpc) is 2.26. The predicted molar refractivity (Wildman–Crippen MR) is 54.0 cm³/mol. The van der Waals surface area contributed by atoms with Crippen molar-refractivity contribution < 1.29 is 14.6 Å². The van der Waals surface area contributed by atoms with Crippen LogP contribution in [0, 0.1) is 11.3 Å². The highest BCUT2D eigenvalue weighted by atomic mass is 16.5. The Morgan fingerprint density at radius 1 is 1.60 bits per heavy atom. The molecule has 4 heteroatoms. The van der Waals surface area contributed by atoms with Crippen LogP contribution in [0.5, 0.6) is 5.75 Å². The van der Waals surface area contributed by atoms with Crippen LogP contribution in [0.4, 0.5) is 0 Å². The summed E-state index contributed by atoms with van der Waals surface area (Å²) >= 11 is 0. The molecule has 0 fully saturated rings. The van der Waals surface area contributed by atoms with E-state index in [9.17, 15) is 4.79 Å². The largest absolute Gasteiger partial charge is 0.495 e. The van der Waals surface area contributed by atoms with E-state index in [0.717, 1.165) is 0 Å². The smallest absolute Gasteiger partial charge is 0.337 e. The number of carboxylic acids is 1. The molecular formula is C11H11NO3. The fourth-order valence-corrected chi connectivity index (χ4v) is 1.45. The number of hydrogen-bond acceptors (Lipinski definition) is 3. The zero-order valence-electron chi connectivity index (χ0n) is 8.57. The van der Waals surface area contributed by atoms with Crippen molar-refractivity contribution in [3.05, 3.63) is 28.8 Å². The highest BCUT2D eigenvalue weighted by Gasteiger charge is 2.18. The van der Waals surface area contributed by atoms with E-state index in [-0.39, 0.29) is 11.1 Å². The molecule has 0 aromatic heterocycles. The number of hydrogen-bond donors (Lipinski definition) is 1. The number of nitriles is 1. The standard InChI is InChI=1S/C11H11NO3/c1-3-7-4-5-9(15-2)8(6-12)10(7)11(13)14/h4-5H,3H2,1-2H3,(H,13,14). The quantitative estimate of drug-likeness (QED) is 0.817. The summed E-state index contributed by atoms with van der Waals surface area (Å²) in [4.78, 5) is 11.0. The van der Waals surface area contributed by atoms with Crippen LogP contribution in [0.1, 0.15) is 28.4 Å². The number of nitrogens with zero attached hydrogens (tertiary/aromatic N) is 1. The van der Waals surface area contributed by atoms with Crippen molar-refractivity contribution in [2.24, 2.45) is 0 Å². The zero-order chi connectivity index (χ0) is 11.4. The molecule has 0 aliphatic heterocycles. The summed E-state index contributed by atoms with van der Waals surface area (Å²) in [5.41, 5.74) is 0.767. The minimum absolute atomic E-state index is 0.0411. The number of ether oxygens (including phenoxy) is 1. The van der Waals surface area contributed by atoms with Crippen LogP contribution in [-0.2, 0) is 6.42 Å². The summed E-state index contributed by atoms with van der Waals surface area (Å²) in [5.74, 6) is -0.797. The minimum Gasteiger partial charge on any atom is -0.495 e. The van der Waals surface area contributed by atoms with E-state index in [0.29, 0.717) is 17.7 Å². The van der Waals surface area contributed by atoms with Gasteiger partial charge in [-0.3, -0.25) is 0 Å². The molecule has 0 heterocycles. The zero-order valence-corrected chi connectivity index (χ0v) is 8.57. The van der Waals surface area contributed by atoms with Crippen LogP contribution in [0.15, 0.2) is 12.1 Å². The lowest BCUT2D eigenvalue weighted by molar-refractivity contribution is 0.0695. The lowest BCUT2D eigenvalue weighted by atomic mass is 9.99. The molecule has 0 unspecified atom stereocenters. The van der Waals surface area contributed by atoms with Gasteiger partial charge in [0.15, 0.2) is 0 Å². The molecular weight excluding hydrogens is 194 g/mol. The van der Waals surface area contributed by atoms with Crippen molar-refractivity contribution in [1.29, 1.82) is 5.26 Å². The van der Waals surface area contributed by atoms with Gasteiger partial charge < -0.3 is 9.84 Å². The molecule has 0 amide bonds. The van der Waals surface area contributed by atoms with E-state index in [1.165, 1.54) is 7.11 Å². The Kier molecular flexibility index (Phi) is 3.29. The summed E-state index contributed by atoms with van der Waals surface area (Å²) in [6, 6.07) is 5.15. The van der Waals surface area contributed by atoms with Crippen LogP contribution in [0.2, 0.25) is 0 Å². The number of carbonyl (C=O) groups is 1. The summed E-state index contributed by atoms with van der Waals surface area (Å²) < 4.78 is 4.94. The van der Waals surface area contributed by atoms with Crippen LogP contribution in [0.25, 0.3) is 0 Å². The van der Waals surface area contributed by atoms with Gasteiger partial charge in [0.2, 0.25) is 0 Å². The lowest BCUT2D eigenvalue weighted by Gasteiger charge is -2.09. The van der Waals surface area contributed by atoms with Gasteiger partial charge in [-0.1, -0.05) is 13.0 Å². The van der Waals surface area contributed by atoms with Gasteiger partial charge in [-0.15, -0.1) is 0 Å². The minimum atomic E-state index is -1.10. The summed E-state index contributed by atoms with van der Waals surface area (Å²) in [6.07, 6.45) is 0.570. The van der Waals surface area contributed by atoms with E-state index in [2.05, 4.69) is 0 Å². The molecule has 4 nitrogen and oxygen atoms in total. The van der Waals surface area contributed by atoms with Gasteiger partial charge in [0.25, 0.3) is 0 Å². The molecule has 0 saturated carbocycles. The van der Waals surface area contributed by atoms with Gasteiger partial charge in [-0.05, 0) is 18.1 Å². The number of methoxy groups -OCH3 is 1. The molecule has 1 aromatic carbocycles. The first-order chi connectivity index (χ1) is 7.15. The van der Waals surface area contributed by atoms with Crippen molar-refractivity contribution in [2.45, 2.75) is 13.3 Å².